The van der Waals surface area contributed by atoms with Gasteiger partial charge in [-0.25, -0.2) is 8.78 Å². The molecular formula is C17H14F2N2O. The van der Waals surface area contributed by atoms with Crippen molar-refractivity contribution in [3.63, 3.8) is 0 Å². The van der Waals surface area contributed by atoms with E-state index in [0.717, 1.165) is 17.0 Å². The van der Waals surface area contributed by atoms with Crippen molar-refractivity contribution in [2.75, 3.05) is 0 Å². The zero-order valence-electron chi connectivity index (χ0n) is 11.9. The maximum absolute atomic E-state index is 13.7. The number of halogens is 2. The summed E-state index contributed by atoms with van der Waals surface area (Å²) in [5.74, 6) is -1.66. The molecule has 112 valence electrons. The largest absolute Gasteiger partial charge is 0.351 e. The molecule has 2 N–H and O–H groups in total. The Kier molecular flexibility index (Phi) is 3.63. The smallest absolute Gasteiger partial charge is 0.268 e. The highest BCUT2D eigenvalue weighted by Crippen LogP contribution is 2.19. The number of carbonyl (C=O) groups excluding carboxylic acids is 1. The quantitative estimate of drug-likeness (QED) is 0.756. The second-order valence-corrected chi connectivity index (χ2v) is 5.13. The number of carbonyl (C=O) groups is 1. The second-order valence-electron chi connectivity index (χ2n) is 5.13. The van der Waals surface area contributed by atoms with E-state index in [1.54, 1.807) is 13.0 Å². The molecule has 3 nitrogen and oxygen atoms in total. The Hall–Kier alpha value is -2.69. The van der Waals surface area contributed by atoms with Crippen LogP contribution in [0.3, 0.4) is 0 Å². The lowest BCUT2D eigenvalue weighted by Gasteiger charge is -2.14. The Morgan fingerprint density at radius 2 is 1.91 bits per heavy atom. The molecule has 5 heteroatoms. The van der Waals surface area contributed by atoms with E-state index in [1.807, 2.05) is 24.3 Å². The lowest BCUT2D eigenvalue weighted by molar-refractivity contribution is 0.0935. The minimum absolute atomic E-state index is 0.242. The molecule has 2 aromatic carbocycles. The van der Waals surface area contributed by atoms with Crippen molar-refractivity contribution >= 4 is 16.8 Å². The van der Waals surface area contributed by atoms with Crippen LogP contribution in [0.25, 0.3) is 10.9 Å². The number of para-hydroxylation sites is 1. The summed E-state index contributed by atoms with van der Waals surface area (Å²) in [6.45, 7) is 1.65. The lowest BCUT2D eigenvalue weighted by atomic mass is 10.1. The fourth-order valence-electron chi connectivity index (χ4n) is 2.40. The Labute approximate surface area is 126 Å². The van der Waals surface area contributed by atoms with Crippen LogP contribution in [-0.2, 0) is 0 Å². The normalized spacial score (nSPS) is 12.3. The molecule has 3 rings (SSSR count). The van der Waals surface area contributed by atoms with Gasteiger partial charge in [-0.3, -0.25) is 4.79 Å². The summed E-state index contributed by atoms with van der Waals surface area (Å²) in [5, 5.41) is 3.63. The number of benzene rings is 2. The third-order valence-electron chi connectivity index (χ3n) is 3.55. The highest BCUT2D eigenvalue weighted by molar-refractivity contribution is 5.98. The lowest BCUT2D eigenvalue weighted by Crippen LogP contribution is -2.27. The fraction of sp³-hybridized carbons (Fsp3) is 0.118. The number of H-pyrrole nitrogens is 1. The molecule has 0 bridgehead atoms. The van der Waals surface area contributed by atoms with Crippen molar-refractivity contribution in [1.82, 2.24) is 10.3 Å². The van der Waals surface area contributed by atoms with Crippen molar-refractivity contribution in [1.29, 1.82) is 0 Å². The van der Waals surface area contributed by atoms with E-state index in [0.29, 0.717) is 5.69 Å². The van der Waals surface area contributed by atoms with Crippen LogP contribution in [0.2, 0.25) is 0 Å². The molecule has 0 radical (unpaired) electrons. The van der Waals surface area contributed by atoms with Gasteiger partial charge in [-0.2, -0.15) is 0 Å². The van der Waals surface area contributed by atoms with Crippen LogP contribution < -0.4 is 5.32 Å². The average molecular weight is 300 g/mol. The Bertz CT molecular complexity index is 809. The first-order chi connectivity index (χ1) is 10.5. The summed E-state index contributed by atoms with van der Waals surface area (Å²) in [5.41, 5.74) is 1.50. The summed E-state index contributed by atoms with van der Waals surface area (Å²) in [6.07, 6.45) is 0. The zero-order valence-corrected chi connectivity index (χ0v) is 11.9. The van der Waals surface area contributed by atoms with Crippen molar-refractivity contribution in [2.45, 2.75) is 13.0 Å². The number of rotatable bonds is 3. The van der Waals surface area contributed by atoms with Gasteiger partial charge in [0.2, 0.25) is 0 Å². The standard InChI is InChI=1S/C17H14F2N2O/c1-10(13-7-6-12(18)9-14(13)19)20-17(22)16-8-11-4-2-3-5-15(11)21-16/h2-10,21H,1H3,(H,20,22)/t10-/m1/s1. The molecule has 22 heavy (non-hydrogen) atoms. The first-order valence-electron chi connectivity index (χ1n) is 6.88. The second kappa shape index (κ2) is 5.60. The number of hydrogen-bond donors (Lipinski definition) is 2. The monoisotopic (exact) mass is 300 g/mol. The highest BCUT2D eigenvalue weighted by atomic mass is 19.1. The molecule has 0 aliphatic carbocycles. The van der Waals surface area contributed by atoms with Gasteiger partial charge in [0.05, 0.1) is 6.04 Å². The molecule has 0 unspecified atom stereocenters. The maximum atomic E-state index is 13.7. The molecule has 0 saturated heterocycles. The van der Waals surface area contributed by atoms with Crippen LogP contribution >= 0.6 is 0 Å². The minimum atomic E-state index is -0.676. The number of aromatic amines is 1. The zero-order chi connectivity index (χ0) is 15.7. The van der Waals surface area contributed by atoms with Gasteiger partial charge >= 0.3 is 0 Å². The maximum Gasteiger partial charge on any atom is 0.268 e. The van der Waals surface area contributed by atoms with Crippen LogP contribution in [0.15, 0.2) is 48.5 Å². The van der Waals surface area contributed by atoms with Crippen LogP contribution in [0.5, 0.6) is 0 Å². The molecule has 1 aromatic heterocycles. The minimum Gasteiger partial charge on any atom is -0.351 e. The number of nitrogens with one attached hydrogen (secondary N) is 2. The van der Waals surface area contributed by atoms with Gasteiger partial charge in [-0.05, 0) is 25.1 Å². The Morgan fingerprint density at radius 1 is 1.14 bits per heavy atom. The van der Waals surface area contributed by atoms with E-state index in [1.165, 1.54) is 12.1 Å². The third-order valence-corrected chi connectivity index (χ3v) is 3.55. The van der Waals surface area contributed by atoms with E-state index in [4.69, 9.17) is 0 Å². The third kappa shape index (κ3) is 2.70. The number of amides is 1. The summed E-state index contributed by atoms with van der Waals surface area (Å²) >= 11 is 0. The summed E-state index contributed by atoms with van der Waals surface area (Å²) in [4.78, 5) is 15.2. The summed E-state index contributed by atoms with van der Waals surface area (Å²) in [7, 11) is 0. The van der Waals surface area contributed by atoms with E-state index < -0.39 is 17.7 Å². The van der Waals surface area contributed by atoms with E-state index in [2.05, 4.69) is 10.3 Å². The van der Waals surface area contributed by atoms with Gasteiger partial charge in [0.25, 0.3) is 5.91 Å². The first kappa shape index (κ1) is 14.3. The first-order valence-corrected chi connectivity index (χ1v) is 6.88. The van der Waals surface area contributed by atoms with E-state index in [9.17, 15) is 13.6 Å². The average Bonchev–Trinajstić information content (AvgIpc) is 2.91. The predicted molar refractivity (Wildman–Crippen MR) is 80.5 cm³/mol. The highest BCUT2D eigenvalue weighted by Gasteiger charge is 2.16. The van der Waals surface area contributed by atoms with Gasteiger partial charge < -0.3 is 10.3 Å². The predicted octanol–water partition coefficient (Wildman–Crippen LogP) is 3.94. The van der Waals surface area contributed by atoms with Crippen LogP contribution in [0.4, 0.5) is 8.78 Å². The molecule has 3 aromatic rings. The van der Waals surface area contributed by atoms with Crippen LogP contribution in [0.1, 0.15) is 29.0 Å². The van der Waals surface area contributed by atoms with Crippen molar-refractivity contribution in [2.24, 2.45) is 0 Å². The number of aromatic nitrogens is 1. The van der Waals surface area contributed by atoms with Gasteiger partial charge in [-0.1, -0.05) is 24.3 Å². The summed E-state index contributed by atoms with van der Waals surface area (Å²) < 4.78 is 26.6. The van der Waals surface area contributed by atoms with Gasteiger partial charge in [0.15, 0.2) is 0 Å². The van der Waals surface area contributed by atoms with Crippen molar-refractivity contribution in [3.8, 4) is 0 Å². The molecule has 0 aliphatic rings. The molecule has 0 fully saturated rings. The number of fused-ring (bicyclic) bond motifs is 1. The van der Waals surface area contributed by atoms with Crippen LogP contribution in [-0.4, -0.2) is 10.9 Å². The molecular weight excluding hydrogens is 286 g/mol. The van der Waals surface area contributed by atoms with E-state index in [-0.39, 0.29) is 11.5 Å². The molecule has 1 amide bonds. The SMILES string of the molecule is C[C@@H](NC(=O)c1cc2ccccc2[nH]1)c1ccc(F)cc1F. The van der Waals surface area contributed by atoms with Gasteiger partial charge in [-0.15, -0.1) is 0 Å². The van der Waals surface area contributed by atoms with Crippen molar-refractivity contribution in [3.05, 3.63) is 71.4 Å². The molecule has 0 saturated carbocycles. The Morgan fingerprint density at radius 3 is 2.64 bits per heavy atom. The fourth-order valence-corrected chi connectivity index (χ4v) is 2.40. The molecule has 0 spiro atoms. The molecule has 1 atom stereocenters. The number of hydrogen-bond acceptors (Lipinski definition) is 1. The van der Waals surface area contributed by atoms with E-state index >= 15 is 0 Å². The Balaban J connectivity index is 1.81. The molecule has 1 heterocycles. The topological polar surface area (TPSA) is 44.9 Å². The van der Waals surface area contributed by atoms with Gasteiger partial charge in [0.1, 0.15) is 17.3 Å². The molecule has 0 aliphatic heterocycles. The van der Waals surface area contributed by atoms with Gasteiger partial charge in [0, 0.05) is 22.5 Å². The van der Waals surface area contributed by atoms with Crippen molar-refractivity contribution < 1.29 is 13.6 Å². The van der Waals surface area contributed by atoms with Crippen LogP contribution in [0, 0.1) is 11.6 Å². The summed E-state index contributed by atoms with van der Waals surface area (Å²) in [6, 6.07) is 12.0.